The smallest absolute Gasteiger partial charge is 0.0951 e. The van der Waals surface area contributed by atoms with E-state index in [9.17, 15) is 0 Å². The van der Waals surface area contributed by atoms with Gasteiger partial charge in [0.2, 0.25) is 0 Å². The van der Waals surface area contributed by atoms with Crippen LogP contribution < -0.4 is 5.32 Å². The molecule has 1 fully saturated rings. The second-order valence-electron chi connectivity index (χ2n) is 5.32. The lowest BCUT2D eigenvalue weighted by Crippen LogP contribution is -2.20. The Morgan fingerprint density at radius 1 is 1.40 bits per heavy atom. The summed E-state index contributed by atoms with van der Waals surface area (Å²) in [5.74, 6) is 0. The van der Waals surface area contributed by atoms with Gasteiger partial charge in [0.1, 0.15) is 0 Å². The van der Waals surface area contributed by atoms with Gasteiger partial charge in [-0.1, -0.05) is 0 Å². The van der Waals surface area contributed by atoms with Crippen molar-refractivity contribution in [3.8, 4) is 0 Å². The lowest BCUT2D eigenvalue weighted by atomic mass is 10.4. The number of nitrogens with zero attached hydrogens (tertiary/aromatic N) is 3. The average Bonchev–Trinajstić information content (AvgIpc) is 3.04. The Bertz CT molecular complexity index is 542. The highest BCUT2D eigenvalue weighted by Gasteiger charge is 2.25. The molecule has 1 N–H and O–H groups in total. The lowest BCUT2D eigenvalue weighted by Gasteiger charge is -2.12. The molecule has 1 aliphatic carbocycles. The Morgan fingerprint density at radius 2 is 2.30 bits per heavy atom. The summed E-state index contributed by atoms with van der Waals surface area (Å²) in [6.45, 7) is 3.38. The minimum atomic E-state index is 0.686. The van der Waals surface area contributed by atoms with Gasteiger partial charge in [-0.25, -0.2) is 4.98 Å². The standard InChI is InChI=1S/C15H22N4O/c1-20-8-6-16-9-14-3-2-7-18(14)11-15-10-17-12-19(15)13-4-5-13/h2-3,7,10,12-13,16H,4-6,8-9,11H2,1H3. The highest BCUT2D eigenvalue weighted by atomic mass is 16.5. The van der Waals surface area contributed by atoms with Gasteiger partial charge in [0.05, 0.1) is 25.2 Å². The third kappa shape index (κ3) is 3.11. The SMILES string of the molecule is COCCNCc1cccn1Cc1cncn1C1CC1. The van der Waals surface area contributed by atoms with Crippen molar-refractivity contribution in [2.24, 2.45) is 0 Å². The van der Waals surface area contributed by atoms with Gasteiger partial charge >= 0.3 is 0 Å². The van der Waals surface area contributed by atoms with E-state index in [1.54, 1.807) is 7.11 Å². The maximum atomic E-state index is 5.04. The third-order valence-electron chi connectivity index (χ3n) is 3.73. The topological polar surface area (TPSA) is 44.0 Å². The average molecular weight is 274 g/mol. The molecule has 0 bridgehead atoms. The first kappa shape index (κ1) is 13.4. The van der Waals surface area contributed by atoms with Gasteiger partial charge in [-0.15, -0.1) is 0 Å². The number of methoxy groups -OCH3 is 1. The summed E-state index contributed by atoms with van der Waals surface area (Å²) in [6, 6.07) is 4.95. The second-order valence-corrected chi connectivity index (χ2v) is 5.32. The van der Waals surface area contributed by atoms with Gasteiger partial charge in [-0.3, -0.25) is 0 Å². The summed E-state index contributed by atoms with van der Waals surface area (Å²) in [5, 5.41) is 3.39. The minimum absolute atomic E-state index is 0.686. The van der Waals surface area contributed by atoms with E-state index in [0.717, 1.165) is 26.2 Å². The number of imidazole rings is 1. The molecule has 2 heterocycles. The molecule has 20 heavy (non-hydrogen) atoms. The highest BCUT2D eigenvalue weighted by molar-refractivity contribution is 5.11. The Morgan fingerprint density at radius 3 is 3.10 bits per heavy atom. The zero-order chi connectivity index (χ0) is 13.8. The fourth-order valence-corrected chi connectivity index (χ4v) is 2.47. The van der Waals surface area contributed by atoms with Crippen LogP contribution in [-0.4, -0.2) is 34.4 Å². The van der Waals surface area contributed by atoms with Crippen molar-refractivity contribution < 1.29 is 4.74 Å². The van der Waals surface area contributed by atoms with Crippen molar-refractivity contribution in [2.45, 2.75) is 32.0 Å². The van der Waals surface area contributed by atoms with Crippen molar-refractivity contribution in [1.82, 2.24) is 19.4 Å². The van der Waals surface area contributed by atoms with E-state index in [1.165, 1.54) is 24.2 Å². The van der Waals surface area contributed by atoms with E-state index in [4.69, 9.17) is 4.74 Å². The monoisotopic (exact) mass is 274 g/mol. The molecule has 0 unspecified atom stereocenters. The van der Waals surface area contributed by atoms with E-state index in [2.05, 4.69) is 37.8 Å². The molecule has 0 radical (unpaired) electrons. The number of rotatable bonds is 8. The summed E-state index contributed by atoms with van der Waals surface area (Å²) in [4.78, 5) is 4.30. The molecule has 0 aliphatic heterocycles. The van der Waals surface area contributed by atoms with E-state index in [-0.39, 0.29) is 0 Å². The molecule has 5 nitrogen and oxygen atoms in total. The number of hydrogen-bond donors (Lipinski definition) is 1. The highest BCUT2D eigenvalue weighted by Crippen LogP contribution is 2.35. The molecule has 108 valence electrons. The summed E-state index contributed by atoms with van der Waals surface area (Å²) in [7, 11) is 1.73. The lowest BCUT2D eigenvalue weighted by molar-refractivity contribution is 0.199. The maximum absolute atomic E-state index is 5.04. The minimum Gasteiger partial charge on any atom is -0.383 e. The molecule has 0 spiro atoms. The van der Waals surface area contributed by atoms with Crippen molar-refractivity contribution in [2.75, 3.05) is 20.3 Å². The molecule has 3 rings (SSSR count). The molecule has 1 saturated carbocycles. The van der Waals surface area contributed by atoms with Crippen LogP contribution in [0.2, 0.25) is 0 Å². The van der Waals surface area contributed by atoms with E-state index < -0.39 is 0 Å². The zero-order valence-electron chi connectivity index (χ0n) is 12.0. The molecular formula is C15H22N4O. The second kappa shape index (κ2) is 6.24. The first-order valence-electron chi connectivity index (χ1n) is 7.23. The molecule has 0 atom stereocenters. The number of aromatic nitrogens is 3. The summed E-state index contributed by atoms with van der Waals surface area (Å²) in [6.07, 6.45) is 8.67. The molecule has 0 aromatic carbocycles. The van der Waals surface area contributed by atoms with Gasteiger partial charge in [0.25, 0.3) is 0 Å². The van der Waals surface area contributed by atoms with Crippen LogP contribution in [-0.2, 0) is 17.8 Å². The van der Waals surface area contributed by atoms with Crippen LogP contribution in [0.3, 0.4) is 0 Å². The van der Waals surface area contributed by atoms with Crippen molar-refractivity contribution in [1.29, 1.82) is 0 Å². The van der Waals surface area contributed by atoms with Gasteiger partial charge in [-0.05, 0) is 25.0 Å². The van der Waals surface area contributed by atoms with Crippen LogP contribution in [0.15, 0.2) is 30.9 Å². The van der Waals surface area contributed by atoms with Crippen LogP contribution in [0, 0.1) is 0 Å². The van der Waals surface area contributed by atoms with Crippen LogP contribution in [0.25, 0.3) is 0 Å². The number of hydrogen-bond acceptors (Lipinski definition) is 3. The molecule has 5 heteroatoms. The normalized spacial score (nSPS) is 14.8. The van der Waals surface area contributed by atoms with Gasteiger partial charge in [-0.2, -0.15) is 0 Å². The fraction of sp³-hybridized carbons (Fsp3) is 0.533. The first-order valence-corrected chi connectivity index (χ1v) is 7.23. The Labute approximate surface area is 119 Å². The summed E-state index contributed by atoms with van der Waals surface area (Å²) < 4.78 is 9.65. The predicted molar refractivity (Wildman–Crippen MR) is 77.6 cm³/mol. The molecule has 2 aromatic rings. The Kier molecular flexibility index (Phi) is 4.18. The van der Waals surface area contributed by atoms with E-state index in [1.807, 2.05) is 12.5 Å². The van der Waals surface area contributed by atoms with Gasteiger partial charge < -0.3 is 19.2 Å². The summed E-state index contributed by atoms with van der Waals surface area (Å²) in [5.41, 5.74) is 2.59. The van der Waals surface area contributed by atoms with Crippen molar-refractivity contribution in [3.63, 3.8) is 0 Å². The van der Waals surface area contributed by atoms with E-state index in [0.29, 0.717) is 6.04 Å². The van der Waals surface area contributed by atoms with Crippen LogP contribution in [0.4, 0.5) is 0 Å². The Balaban J connectivity index is 1.62. The van der Waals surface area contributed by atoms with Gasteiger partial charge in [0.15, 0.2) is 0 Å². The summed E-state index contributed by atoms with van der Waals surface area (Å²) >= 11 is 0. The molecular weight excluding hydrogens is 252 g/mol. The fourth-order valence-electron chi connectivity index (χ4n) is 2.47. The van der Waals surface area contributed by atoms with Crippen LogP contribution in [0.5, 0.6) is 0 Å². The Hall–Kier alpha value is -1.59. The molecule has 1 aliphatic rings. The number of nitrogens with one attached hydrogen (secondary N) is 1. The molecule has 0 saturated heterocycles. The zero-order valence-corrected chi connectivity index (χ0v) is 12.0. The predicted octanol–water partition coefficient (Wildman–Crippen LogP) is 1.80. The first-order chi connectivity index (χ1) is 9.88. The van der Waals surface area contributed by atoms with Crippen molar-refractivity contribution in [3.05, 3.63) is 42.2 Å². The maximum Gasteiger partial charge on any atom is 0.0951 e. The quantitative estimate of drug-likeness (QED) is 0.747. The van der Waals surface area contributed by atoms with Crippen LogP contribution in [0.1, 0.15) is 30.3 Å². The van der Waals surface area contributed by atoms with Crippen LogP contribution >= 0.6 is 0 Å². The van der Waals surface area contributed by atoms with Crippen molar-refractivity contribution >= 4 is 0 Å². The molecule has 2 aromatic heterocycles. The third-order valence-corrected chi connectivity index (χ3v) is 3.73. The van der Waals surface area contributed by atoms with E-state index >= 15 is 0 Å². The largest absolute Gasteiger partial charge is 0.383 e. The van der Waals surface area contributed by atoms with Gasteiger partial charge in [0, 0.05) is 44.3 Å². The number of ether oxygens (including phenoxy) is 1. The molecule has 0 amide bonds.